The van der Waals surface area contributed by atoms with Gasteiger partial charge in [-0.3, -0.25) is 14.5 Å². The minimum Gasteiger partial charge on any atom is -0.454 e. The molecule has 8 nitrogen and oxygen atoms in total. The van der Waals surface area contributed by atoms with E-state index in [0.29, 0.717) is 30.2 Å². The number of fused-ring (bicyclic) bond motifs is 1. The Kier molecular flexibility index (Phi) is 3.55. The number of carbonyl (C=O) groups excluding carboxylic acids is 3. The molecule has 8 heteroatoms. The molecule has 4 rings (SSSR count). The summed E-state index contributed by atoms with van der Waals surface area (Å²) in [5, 5.41) is 2.70. The summed E-state index contributed by atoms with van der Waals surface area (Å²) < 4.78 is 10.6. The topological polar surface area (TPSA) is 88.2 Å². The zero-order valence-electron chi connectivity index (χ0n) is 13.9. The number of hydrogen-bond donors (Lipinski definition) is 1. The Hall–Kier alpha value is -2.77. The van der Waals surface area contributed by atoms with Crippen LogP contribution in [0.15, 0.2) is 18.2 Å². The molecule has 2 fully saturated rings. The zero-order valence-corrected chi connectivity index (χ0v) is 13.9. The van der Waals surface area contributed by atoms with Crippen LogP contribution in [0.3, 0.4) is 0 Å². The van der Waals surface area contributed by atoms with Crippen molar-refractivity contribution in [2.24, 2.45) is 0 Å². The Labute approximate surface area is 144 Å². The maximum absolute atomic E-state index is 12.9. The molecular formula is C17H19N3O5. The molecule has 0 radical (unpaired) electrons. The summed E-state index contributed by atoms with van der Waals surface area (Å²) in [6.07, 6.45) is 1.92. The van der Waals surface area contributed by atoms with Crippen molar-refractivity contribution in [3.8, 4) is 11.5 Å². The van der Waals surface area contributed by atoms with E-state index in [1.807, 2.05) is 0 Å². The third-order valence-corrected chi connectivity index (χ3v) is 4.98. The van der Waals surface area contributed by atoms with Crippen LogP contribution in [-0.2, 0) is 15.1 Å². The van der Waals surface area contributed by atoms with Gasteiger partial charge in [0, 0.05) is 13.1 Å². The zero-order chi connectivity index (χ0) is 17.6. The molecule has 1 aromatic carbocycles. The average Bonchev–Trinajstić information content (AvgIpc) is 3.31. The standard InChI is InChI=1S/C17H19N3O5/c1-17(11-4-5-12-13(8-11)25-10-24-12)15(22)20(16(23)18-17)9-14(21)19-6-2-3-7-19/h4-5,8H,2-3,6-7,9-10H2,1H3,(H,18,23)/t17-/m1/s1. The van der Waals surface area contributed by atoms with E-state index in [1.165, 1.54) is 0 Å². The smallest absolute Gasteiger partial charge is 0.325 e. The van der Waals surface area contributed by atoms with Gasteiger partial charge in [0.2, 0.25) is 12.7 Å². The van der Waals surface area contributed by atoms with Gasteiger partial charge in [-0.25, -0.2) is 4.79 Å². The van der Waals surface area contributed by atoms with Crippen molar-refractivity contribution >= 4 is 17.8 Å². The number of imide groups is 1. The lowest BCUT2D eigenvalue weighted by Crippen LogP contribution is -2.43. The highest BCUT2D eigenvalue weighted by molar-refractivity contribution is 6.09. The van der Waals surface area contributed by atoms with E-state index < -0.39 is 17.5 Å². The maximum atomic E-state index is 12.9. The first-order valence-corrected chi connectivity index (χ1v) is 8.31. The highest BCUT2D eigenvalue weighted by atomic mass is 16.7. The van der Waals surface area contributed by atoms with Gasteiger partial charge < -0.3 is 19.7 Å². The summed E-state index contributed by atoms with van der Waals surface area (Å²) in [4.78, 5) is 40.2. The lowest BCUT2D eigenvalue weighted by molar-refractivity contribution is -0.138. The van der Waals surface area contributed by atoms with E-state index >= 15 is 0 Å². The molecule has 1 N–H and O–H groups in total. The minimum absolute atomic E-state index is 0.131. The number of hydrogen-bond acceptors (Lipinski definition) is 5. The first kappa shape index (κ1) is 15.7. The van der Waals surface area contributed by atoms with E-state index in [4.69, 9.17) is 9.47 Å². The van der Waals surface area contributed by atoms with Crippen molar-refractivity contribution in [1.82, 2.24) is 15.1 Å². The number of rotatable bonds is 3. The molecule has 3 aliphatic heterocycles. The molecule has 1 atom stereocenters. The largest absolute Gasteiger partial charge is 0.454 e. The number of ether oxygens (including phenoxy) is 2. The van der Waals surface area contributed by atoms with Crippen molar-refractivity contribution in [2.75, 3.05) is 26.4 Å². The van der Waals surface area contributed by atoms with Crippen LogP contribution in [-0.4, -0.2) is 54.1 Å². The number of urea groups is 1. The van der Waals surface area contributed by atoms with Crippen LogP contribution in [0.4, 0.5) is 4.79 Å². The van der Waals surface area contributed by atoms with Gasteiger partial charge in [-0.2, -0.15) is 0 Å². The fraction of sp³-hybridized carbons (Fsp3) is 0.471. The Bertz CT molecular complexity index is 759. The van der Waals surface area contributed by atoms with E-state index in [0.717, 1.165) is 17.7 Å². The molecule has 132 valence electrons. The van der Waals surface area contributed by atoms with Crippen molar-refractivity contribution in [1.29, 1.82) is 0 Å². The Balaban J connectivity index is 1.56. The number of nitrogens with one attached hydrogen (secondary N) is 1. The van der Waals surface area contributed by atoms with E-state index in [-0.39, 0.29) is 19.2 Å². The molecule has 0 aromatic heterocycles. The lowest BCUT2D eigenvalue weighted by Gasteiger charge is -2.23. The second kappa shape index (κ2) is 5.65. The van der Waals surface area contributed by atoms with Gasteiger partial charge in [-0.1, -0.05) is 6.07 Å². The monoisotopic (exact) mass is 345 g/mol. The summed E-state index contributed by atoms with van der Waals surface area (Å²) in [5.41, 5.74) is -0.644. The molecule has 0 aliphatic carbocycles. The van der Waals surface area contributed by atoms with E-state index in [1.54, 1.807) is 30.0 Å². The second-order valence-corrected chi connectivity index (χ2v) is 6.60. The van der Waals surface area contributed by atoms with Gasteiger partial charge in [-0.15, -0.1) is 0 Å². The summed E-state index contributed by atoms with van der Waals surface area (Å²) in [6, 6.07) is 4.56. The van der Waals surface area contributed by atoms with E-state index in [2.05, 4.69) is 5.32 Å². The normalized spacial score (nSPS) is 24.8. The summed E-state index contributed by atoms with van der Waals surface area (Å²) in [5.74, 6) is 0.498. The maximum Gasteiger partial charge on any atom is 0.325 e. The molecule has 0 unspecified atom stereocenters. The Morgan fingerprint density at radius 3 is 2.68 bits per heavy atom. The summed E-state index contributed by atoms with van der Waals surface area (Å²) in [7, 11) is 0. The van der Waals surface area contributed by atoms with Crippen LogP contribution in [0.5, 0.6) is 11.5 Å². The highest BCUT2D eigenvalue weighted by Gasteiger charge is 2.50. The van der Waals surface area contributed by atoms with Crippen molar-refractivity contribution < 1.29 is 23.9 Å². The predicted molar refractivity (Wildman–Crippen MR) is 86.0 cm³/mol. The van der Waals surface area contributed by atoms with Gasteiger partial charge >= 0.3 is 6.03 Å². The van der Waals surface area contributed by atoms with Gasteiger partial charge in [0.25, 0.3) is 5.91 Å². The number of amides is 4. The second-order valence-electron chi connectivity index (χ2n) is 6.60. The summed E-state index contributed by atoms with van der Waals surface area (Å²) >= 11 is 0. The summed E-state index contributed by atoms with van der Waals surface area (Å²) in [6.45, 7) is 2.89. The predicted octanol–water partition coefficient (Wildman–Crippen LogP) is 0.805. The first-order chi connectivity index (χ1) is 12.0. The number of carbonyl (C=O) groups is 3. The average molecular weight is 345 g/mol. The molecule has 2 saturated heterocycles. The molecule has 0 bridgehead atoms. The fourth-order valence-corrected chi connectivity index (χ4v) is 3.45. The lowest BCUT2D eigenvalue weighted by atomic mass is 9.91. The molecule has 4 amide bonds. The van der Waals surface area contributed by atoms with Crippen LogP contribution < -0.4 is 14.8 Å². The van der Waals surface area contributed by atoms with Crippen LogP contribution >= 0.6 is 0 Å². The quantitative estimate of drug-likeness (QED) is 0.819. The molecule has 25 heavy (non-hydrogen) atoms. The number of benzene rings is 1. The van der Waals surface area contributed by atoms with Crippen LogP contribution in [0.25, 0.3) is 0 Å². The van der Waals surface area contributed by atoms with Gasteiger partial charge in [0.1, 0.15) is 12.1 Å². The van der Waals surface area contributed by atoms with Crippen LogP contribution in [0.1, 0.15) is 25.3 Å². The Morgan fingerprint density at radius 1 is 1.20 bits per heavy atom. The first-order valence-electron chi connectivity index (χ1n) is 8.31. The number of nitrogens with zero attached hydrogens (tertiary/aromatic N) is 2. The molecule has 3 heterocycles. The molecule has 1 aromatic rings. The van der Waals surface area contributed by atoms with Gasteiger partial charge in [0.05, 0.1) is 0 Å². The SMILES string of the molecule is C[C@]1(c2ccc3c(c2)OCO3)NC(=O)N(CC(=O)N2CCCC2)C1=O. The highest BCUT2D eigenvalue weighted by Crippen LogP contribution is 2.37. The third kappa shape index (κ3) is 2.48. The fourth-order valence-electron chi connectivity index (χ4n) is 3.45. The Morgan fingerprint density at radius 2 is 1.92 bits per heavy atom. The van der Waals surface area contributed by atoms with Crippen LogP contribution in [0, 0.1) is 0 Å². The van der Waals surface area contributed by atoms with Crippen LogP contribution in [0.2, 0.25) is 0 Å². The number of likely N-dealkylation sites (tertiary alicyclic amines) is 1. The molecule has 0 spiro atoms. The minimum atomic E-state index is -1.23. The van der Waals surface area contributed by atoms with E-state index in [9.17, 15) is 14.4 Å². The van der Waals surface area contributed by atoms with Gasteiger partial charge in [-0.05, 0) is 37.5 Å². The van der Waals surface area contributed by atoms with Crippen molar-refractivity contribution in [2.45, 2.75) is 25.3 Å². The molecular weight excluding hydrogens is 326 g/mol. The third-order valence-electron chi connectivity index (χ3n) is 4.98. The van der Waals surface area contributed by atoms with Gasteiger partial charge in [0.15, 0.2) is 11.5 Å². The van der Waals surface area contributed by atoms with Crippen molar-refractivity contribution in [3.05, 3.63) is 23.8 Å². The molecule has 0 saturated carbocycles. The van der Waals surface area contributed by atoms with Crippen molar-refractivity contribution in [3.63, 3.8) is 0 Å². The molecule has 3 aliphatic rings.